The number of halogens is 1. The van der Waals surface area contributed by atoms with Gasteiger partial charge in [-0.2, -0.15) is 5.10 Å². The van der Waals surface area contributed by atoms with E-state index in [1.807, 2.05) is 25.1 Å². The molecular formula is C23H20ClN7O3. The molecular weight excluding hydrogens is 458 g/mol. The van der Waals surface area contributed by atoms with E-state index in [9.17, 15) is 4.79 Å². The number of nitrogens with one attached hydrogen (secondary N) is 2. The fourth-order valence-corrected chi connectivity index (χ4v) is 3.77. The van der Waals surface area contributed by atoms with Gasteiger partial charge in [-0.25, -0.2) is 9.97 Å². The number of carbonyl (C=O) groups excluding carboxylic acids is 1. The molecule has 3 N–H and O–H groups in total. The molecule has 0 radical (unpaired) electrons. The Labute approximate surface area is 198 Å². The number of aromatic nitrogens is 6. The van der Waals surface area contributed by atoms with Crippen LogP contribution in [-0.2, 0) is 11.3 Å². The van der Waals surface area contributed by atoms with Crippen LogP contribution in [0.3, 0.4) is 0 Å². The van der Waals surface area contributed by atoms with E-state index in [0.717, 1.165) is 16.9 Å². The van der Waals surface area contributed by atoms with Crippen LogP contribution in [0, 0.1) is 6.92 Å². The number of amides is 1. The van der Waals surface area contributed by atoms with Crippen molar-refractivity contribution in [3.05, 3.63) is 59.8 Å². The van der Waals surface area contributed by atoms with E-state index in [0.29, 0.717) is 38.8 Å². The van der Waals surface area contributed by atoms with Crippen LogP contribution >= 0.6 is 11.6 Å². The second-order valence-corrected chi connectivity index (χ2v) is 7.98. The van der Waals surface area contributed by atoms with E-state index in [1.54, 1.807) is 30.7 Å². The molecule has 3 aromatic heterocycles. The van der Waals surface area contributed by atoms with Crippen LogP contribution < -0.4 is 10.1 Å². The van der Waals surface area contributed by atoms with Gasteiger partial charge in [0.2, 0.25) is 5.91 Å². The largest absolute Gasteiger partial charge is 0.456 e. The van der Waals surface area contributed by atoms with Gasteiger partial charge in [-0.15, -0.1) is 0 Å². The van der Waals surface area contributed by atoms with Gasteiger partial charge in [-0.3, -0.25) is 14.5 Å². The van der Waals surface area contributed by atoms with Crippen molar-refractivity contribution in [2.24, 2.45) is 0 Å². The molecule has 0 aliphatic rings. The molecule has 5 aromatic rings. The van der Waals surface area contributed by atoms with E-state index in [-0.39, 0.29) is 25.6 Å². The van der Waals surface area contributed by atoms with Gasteiger partial charge >= 0.3 is 0 Å². The van der Waals surface area contributed by atoms with Gasteiger partial charge in [-0.05, 0) is 31.2 Å². The molecule has 10 nitrogen and oxygen atoms in total. The minimum absolute atomic E-state index is 0.0277. The van der Waals surface area contributed by atoms with Crippen molar-refractivity contribution in [2.45, 2.75) is 13.5 Å². The monoisotopic (exact) mass is 477 g/mol. The number of aromatic amines is 1. The van der Waals surface area contributed by atoms with Gasteiger partial charge in [0.25, 0.3) is 0 Å². The highest BCUT2D eigenvalue weighted by molar-refractivity contribution is 6.36. The Morgan fingerprint density at radius 1 is 1.21 bits per heavy atom. The van der Waals surface area contributed by atoms with Crippen molar-refractivity contribution in [1.29, 1.82) is 0 Å². The summed E-state index contributed by atoms with van der Waals surface area (Å²) in [6, 6.07) is 9.12. The van der Waals surface area contributed by atoms with Gasteiger partial charge in [-0.1, -0.05) is 11.6 Å². The van der Waals surface area contributed by atoms with Crippen LogP contribution in [0.2, 0.25) is 5.02 Å². The minimum Gasteiger partial charge on any atom is -0.456 e. The Morgan fingerprint density at radius 2 is 2.06 bits per heavy atom. The van der Waals surface area contributed by atoms with Gasteiger partial charge in [0.05, 0.1) is 41.2 Å². The topological polar surface area (TPSA) is 131 Å². The lowest BCUT2D eigenvalue weighted by Crippen LogP contribution is -2.30. The van der Waals surface area contributed by atoms with Gasteiger partial charge < -0.3 is 20.1 Å². The Balaban J connectivity index is 1.41. The summed E-state index contributed by atoms with van der Waals surface area (Å²) >= 11 is 6.65. The fraction of sp³-hybridized carbons (Fsp3) is 0.174. The molecule has 11 heteroatoms. The van der Waals surface area contributed by atoms with Crippen molar-refractivity contribution in [3.8, 4) is 22.8 Å². The van der Waals surface area contributed by atoms with Crippen LogP contribution in [-0.4, -0.2) is 53.9 Å². The summed E-state index contributed by atoms with van der Waals surface area (Å²) in [5.74, 6) is 1.64. The number of benzene rings is 2. The molecule has 0 fully saturated rings. The molecule has 0 atom stereocenters. The number of nitrogens with zero attached hydrogens (tertiary/aromatic N) is 5. The number of aliphatic hydroxyl groups excluding tert-OH is 1. The molecule has 5 rings (SSSR count). The second kappa shape index (κ2) is 9.08. The number of hydrogen-bond acceptors (Lipinski definition) is 7. The van der Waals surface area contributed by atoms with Crippen molar-refractivity contribution >= 4 is 39.6 Å². The second-order valence-electron chi connectivity index (χ2n) is 7.60. The average Bonchev–Trinajstić information content (AvgIpc) is 3.44. The zero-order valence-corrected chi connectivity index (χ0v) is 18.9. The van der Waals surface area contributed by atoms with Crippen molar-refractivity contribution in [1.82, 2.24) is 35.0 Å². The number of imidazole rings is 1. The van der Waals surface area contributed by atoms with E-state index >= 15 is 0 Å². The summed E-state index contributed by atoms with van der Waals surface area (Å²) in [5.41, 5.74) is 4.09. The number of aryl methyl sites for hydroxylation is 1. The summed E-state index contributed by atoms with van der Waals surface area (Å²) in [6.45, 7) is 2.00. The van der Waals surface area contributed by atoms with Gasteiger partial charge in [0, 0.05) is 24.4 Å². The lowest BCUT2D eigenvalue weighted by atomic mass is 10.2. The first-order valence-electron chi connectivity index (χ1n) is 10.5. The summed E-state index contributed by atoms with van der Waals surface area (Å²) in [7, 11) is 0. The number of rotatable bonds is 7. The number of fused-ring (bicyclic) bond motifs is 2. The maximum absolute atomic E-state index is 11.8. The van der Waals surface area contributed by atoms with Crippen LogP contribution in [0.4, 0.5) is 0 Å². The van der Waals surface area contributed by atoms with Gasteiger partial charge in [0.1, 0.15) is 34.4 Å². The maximum atomic E-state index is 11.8. The average molecular weight is 478 g/mol. The molecule has 34 heavy (non-hydrogen) atoms. The van der Waals surface area contributed by atoms with Crippen LogP contribution in [0.15, 0.2) is 48.9 Å². The van der Waals surface area contributed by atoms with Crippen LogP contribution in [0.1, 0.15) is 5.82 Å². The smallest absolute Gasteiger partial charge is 0.241 e. The van der Waals surface area contributed by atoms with Crippen molar-refractivity contribution in [2.75, 3.05) is 13.2 Å². The third kappa shape index (κ3) is 4.41. The molecule has 3 heterocycles. The Hall–Kier alpha value is -4.02. The van der Waals surface area contributed by atoms with E-state index in [2.05, 4.69) is 30.4 Å². The zero-order valence-electron chi connectivity index (χ0n) is 18.1. The molecule has 0 spiro atoms. The molecule has 0 unspecified atom stereocenters. The summed E-state index contributed by atoms with van der Waals surface area (Å²) < 4.78 is 7.52. The molecule has 0 saturated heterocycles. The van der Waals surface area contributed by atoms with Crippen molar-refractivity contribution < 1.29 is 14.6 Å². The minimum atomic E-state index is -0.249. The molecule has 0 saturated carbocycles. The van der Waals surface area contributed by atoms with E-state index < -0.39 is 0 Å². The number of H-pyrrole nitrogens is 1. The first-order chi connectivity index (χ1) is 16.5. The summed E-state index contributed by atoms with van der Waals surface area (Å²) in [6.07, 6.45) is 4.93. The molecule has 172 valence electrons. The Bertz CT molecular complexity index is 1510. The SMILES string of the molecule is Cc1nc2ccc(Oc3ccc4ncc(-c5cnn(CC(=O)NCCO)c5)nc4c3Cl)cc2[nH]1. The van der Waals surface area contributed by atoms with Crippen LogP contribution in [0.25, 0.3) is 33.3 Å². The maximum Gasteiger partial charge on any atom is 0.241 e. The molecule has 2 aromatic carbocycles. The highest BCUT2D eigenvalue weighted by Crippen LogP contribution is 2.35. The molecule has 0 aliphatic heterocycles. The first-order valence-corrected chi connectivity index (χ1v) is 10.9. The lowest BCUT2D eigenvalue weighted by Gasteiger charge is -2.10. The molecule has 0 bridgehead atoms. The summed E-state index contributed by atoms with van der Waals surface area (Å²) in [5, 5.41) is 15.9. The van der Waals surface area contributed by atoms with Crippen LogP contribution in [0.5, 0.6) is 11.5 Å². The number of hydrogen-bond donors (Lipinski definition) is 3. The third-order valence-electron chi connectivity index (χ3n) is 5.09. The standard InChI is InChI=1S/C23H20ClN7O3/c1-13-28-16-3-2-15(8-18(16)29-13)34-20-5-4-17-23(22(20)24)30-19(10-26-17)14-9-27-31(11-14)12-21(33)25-6-7-32/h2-5,8-11,32H,6-7,12H2,1H3,(H,25,33)(H,28,29). The Kier molecular flexibility index (Phi) is 5.83. The van der Waals surface area contributed by atoms with E-state index in [1.165, 1.54) is 4.68 Å². The predicted molar refractivity (Wildman–Crippen MR) is 127 cm³/mol. The normalized spacial score (nSPS) is 11.3. The van der Waals surface area contributed by atoms with Crippen molar-refractivity contribution in [3.63, 3.8) is 0 Å². The first kappa shape index (κ1) is 21.8. The number of ether oxygens (including phenoxy) is 1. The highest BCUT2D eigenvalue weighted by Gasteiger charge is 2.14. The molecule has 0 aliphatic carbocycles. The zero-order chi connectivity index (χ0) is 23.7. The number of carbonyl (C=O) groups is 1. The van der Waals surface area contributed by atoms with Gasteiger partial charge in [0.15, 0.2) is 0 Å². The summed E-state index contributed by atoms with van der Waals surface area (Å²) in [4.78, 5) is 28.6. The molecule has 1 amide bonds. The quantitative estimate of drug-likeness (QED) is 0.328. The number of aliphatic hydroxyl groups is 1. The fourth-order valence-electron chi connectivity index (χ4n) is 3.53. The lowest BCUT2D eigenvalue weighted by molar-refractivity contribution is -0.122. The Morgan fingerprint density at radius 3 is 2.91 bits per heavy atom. The highest BCUT2D eigenvalue weighted by atomic mass is 35.5. The third-order valence-corrected chi connectivity index (χ3v) is 5.45. The predicted octanol–water partition coefficient (Wildman–Crippen LogP) is 3.23. The van der Waals surface area contributed by atoms with E-state index in [4.69, 9.17) is 21.4 Å².